The van der Waals surface area contributed by atoms with Crippen molar-refractivity contribution in [3.05, 3.63) is 39.4 Å². The van der Waals surface area contributed by atoms with Crippen molar-refractivity contribution in [3.8, 4) is 0 Å². The first kappa shape index (κ1) is 14.5. The Kier molecular flexibility index (Phi) is 4.34. The number of amides is 1. The zero-order valence-electron chi connectivity index (χ0n) is 11.7. The summed E-state index contributed by atoms with van der Waals surface area (Å²) in [5.74, 6) is 0.00334. The van der Waals surface area contributed by atoms with Gasteiger partial charge in [0.25, 0.3) is 5.69 Å². The molecule has 20 heavy (non-hydrogen) atoms. The minimum atomic E-state index is -0.395. The molecule has 2 N–H and O–H groups in total. The largest absolute Gasteiger partial charge is 0.349 e. The number of carbonyl (C=O) groups excluding carboxylic acids is 1. The predicted molar refractivity (Wildman–Crippen MR) is 75.4 cm³/mol. The number of rotatable bonds is 4. The normalized spacial score (nSPS) is 19.6. The van der Waals surface area contributed by atoms with Crippen LogP contribution in [0.1, 0.15) is 30.5 Å². The van der Waals surface area contributed by atoms with Crippen LogP contribution in [0.5, 0.6) is 0 Å². The van der Waals surface area contributed by atoms with Crippen LogP contribution in [0.3, 0.4) is 0 Å². The molecule has 0 aromatic heterocycles. The first-order valence-corrected chi connectivity index (χ1v) is 6.75. The summed E-state index contributed by atoms with van der Waals surface area (Å²) in [7, 11) is 0. The maximum atomic E-state index is 12.0. The van der Waals surface area contributed by atoms with Crippen LogP contribution in [0, 0.1) is 23.0 Å². The summed E-state index contributed by atoms with van der Waals surface area (Å²) < 4.78 is 0. The molecular weight excluding hydrogens is 258 g/mol. The van der Waals surface area contributed by atoms with Crippen LogP contribution >= 0.6 is 0 Å². The monoisotopic (exact) mass is 277 g/mol. The third-order valence-electron chi connectivity index (χ3n) is 3.72. The van der Waals surface area contributed by atoms with E-state index >= 15 is 0 Å². The molecule has 6 heteroatoms. The number of hydrogen-bond donors (Lipinski definition) is 2. The average molecular weight is 277 g/mol. The number of nitrogens with one attached hydrogen (secondary N) is 2. The highest BCUT2D eigenvalue weighted by Gasteiger charge is 2.24. The molecule has 2 unspecified atom stereocenters. The molecule has 6 nitrogen and oxygen atoms in total. The minimum absolute atomic E-state index is 0.00196. The molecule has 108 valence electrons. The first-order chi connectivity index (χ1) is 9.49. The van der Waals surface area contributed by atoms with Crippen LogP contribution < -0.4 is 10.6 Å². The van der Waals surface area contributed by atoms with Gasteiger partial charge in [0.15, 0.2) is 0 Å². The van der Waals surface area contributed by atoms with Crippen molar-refractivity contribution in [1.82, 2.24) is 10.6 Å². The van der Waals surface area contributed by atoms with Gasteiger partial charge in [-0.25, -0.2) is 0 Å². The Labute approximate surface area is 117 Å². The van der Waals surface area contributed by atoms with Crippen LogP contribution in [0.2, 0.25) is 0 Å². The molecule has 0 radical (unpaired) electrons. The Morgan fingerprint density at radius 2 is 2.30 bits per heavy atom. The zero-order chi connectivity index (χ0) is 14.7. The second-order valence-corrected chi connectivity index (χ2v) is 5.22. The smallest absolute Gasteiger partial charge is 0.272 e. The number of nitro benzene ring substituents is 1. The van der Waals surface area contributed by atoms with E-state index in [-0.39, 0.29) is 23.6 Å². The van der Waals surface area contributed by atoms with Gasteiger partial charge in [0.05, 0.1) is 16.9 Å². The van der Waals surface area contributed by atoms with E-state index in [0.29, 0.717) is 12.1 Å². The maximum absolute atomic E-state index is 12.0. The Morgan fingerprint density at radius 3 is 2.90 bits per heavy atom. The van der Waals surface area contributed by atoms with Gasteiger partial charge in [-0.1, -0.05) is 12.1 Å². The summed E-state index contributed by atoms with van der Waals surface area (Å²) in [4.78, 5) is 22.6. The van der Waals surface area contributed by atoms with Crippen molar-refractivity contribution >= 4 is 11.6 Å². The lowest BCUT2D eigenvalue weighted by Gasteiger charge is -2.17. The van der Waals surface area contributed by atoms with Crippen LogP contribution in [0.15, 0.2) is 18.2 Å². The molecule has 2 atom stereocenters. The number of benzene rings is 1. The highest BCUT2D eigenvalue weighted by Crippen LogP contribution is 2.23. The quantitative estimate of drug-likeness (QED) is 0.648. The molecular formula is C14H19N3O3. The van der Waals surface area contributed by atoms with Crippen LogP contribution in [-0.4, -0.2) is 23.9 Å². The summed E-state index contributed by atoms with van der Waals surface area (Å²) in [5.41, 5.74) is 1.46. The zero-order valence-corrected chi connectivity index (χ0v) is 11.7. The number of carbonyl (C=O) groups is 1. The van der Waals surface area contributed by atoms with Gasteiger partial charge in [0.1, 0.15) is 0 Å². The van der Waals surface area contributed by atoms with Gasteiger partial charge in [-0.15, -0.1) is 0 Å². The average Bonchev–Trinajstić information content (AvgIpc) is 2.92. The van der Waals surface area contributed by atoms with E-state index in [1.54, 1.807) is 13.0 Å². The summed E-state index contributed by atoms with van der Waals surface area (Å²) >= 11 is 0. The van der Waals surface area contributed by atoms with Gasteiger partial charge in [-0.3, -0.25) is 14.9 Å². The molecule has 0 spiro atoms. The number of nitrogens with zero attached hydrogens (tertiary/aromatic N) is 1. The van der Waals surface area contributed by atoms with E-state index in [1.165, 1.54) is 6.07 Å². The van der Waals surface area contributed by atoms with E-state index < -0.39 is 4.92 Å². The molecule has 0 aliphatic carbocycles. The Balaban J connectivity index is 2.08. The van der Waals surface area contributed by atoms with Crippen molar-refractivity contribution in [2.24, 2.45) is 5.92 Å². The fourth-order valence-electron chi connectivity index (χ4n) is 2.39. The van der Waals surface area contributed by atoms with Crippen LogP contribution in [-0.2, 0) is 4.79 Å². The van der Waals surface area contributed by atoms with Crippen LogP contribution in [0.25, 0.3) is 0 Å². The molecule has 1 aromatic carbocycles. The second-order valence-electron chi connectivity index (χ2n) is 5.22. The summed E-state index contributed by atoms with van der Waals surface area (Å²) in [6.45, 7) is 5.11. The molecule has 1 amide bonds. The second kappa shape index (κ2) is 6.00. The van der Waals surface area contributed by atoms with Crippen LogP contribution in [0.4, 0.5) is 5.69 Å². The Hall–Kier alpha value is -1.95. The minimum Gasteiger partial charge on any atom is -0.349 e. The topological polar surface area (TPSA) is 84.3 Å². The molecule has 1 aromatic rings. The molecule has 1 aliphatic heterocycles. The number of nitro groups is 1. The SMILES string of the molecule is Cc1ccc(C(C)NC(=O)C2CCNC2)cc1[N+](=O)[O-]. The Morgan fingerprint density at radius 1 is 1.55 bits per heavy atom. The van der Waals surface area contributed by atoms with Gasteiger partial charge >= 0.3 is 0 Å². The fraction of sp³-hybridized carbons (Fsp3) is 0.500. The molecule has 1 saturated heterocycles. The summed E-state index contributed by atoms with van der Waals surface area (Å²) in [6.07, 6.45) is 0.840. The van der Waals surface area contributed by atoms with Gasteiger partial charge in [0.2, 0.25) is 5.91 Å². The summed E-state index contributed by atoms with van der Waals surface area (Å²) in [5, 5.41) is 17.0. The lowest BCUT2D eigenvalue weighted by molar-refractivity contribution is -0.385. The summed E-state index contributed by atoms with van der Waals surface area (Å²) in [6, 6.07) is 4.84. The van der Waals surface area contributed by atoms with Crippen molar-refractivity contribution in [1.29, 1.82) is 0 Å². The van der Waals surface area contributed by atoms with Gasteiger partial charge in [-0.2, -0.15) is 0 Å². The maximum Gasteiger partial charge on any atom is 0.272 e. The van der Waals surface area contributed by atoms with E-state index in [4.69, 9.17) is 0 Å². The molecule has 2 rings (SSSR count). The number of hydrogen-bond acceptors (Lipinski definition) is 4. The van der Waals surface area contributed by atoms with E-state index in [9.17, 15) is 14.9 Å². The third kappa shape index (κ3) is 3.14. The van der Waals surface area contributed by atoms with Crippen molar-refractivity contribution in [3.63, 3.8) is 0 Å². The first-order valence-electron chi connectivity index (χ1n) is 6.75. The highest BCUT2D eigenvalue weighted by atomic mass is 16.6. The van der Waals surface area contributed by atoms with Gasteiger partial charge in [-0.05, 0) is 32.4 Å². The van der Waals surface area contributed by atoms with E-state index in [1.807, 2.05) is 13.0 Å². The van der Waals surface area contributed by atoms with E-state index in [2.05, 4.69) is 10.6 Å². The highest BCUT2D eigenvalue weighted by molar-refractivity contribution is 5.79. The molecule has 0 bridgehead atoms. The standard InChI is InChI=1S/C14H19N3O3/c1-9-3-4-11(7-13(9)17(19)20)10(2)16-14(18)12-5-6-15-8-12/h3-4,7,10,12,15H,5-6,8H2,1-2H3,(H,16,18). The lowest BCUT2D eigenvalue weighted by Crippen LogP contribution is -2.33. The van der Waals surface area contributed by atoms with Crippen molar-refractivity contribution in [2.45, 2.75) is 26.3 Å². The van der Waals surface area contributed by atoms with Gasteiger partial charge < -0.3 is 10.6 Å². The van der Waals surface area contributed by atoms with Crippen molar-refractivity contribution in [2.75, 3.05) is 13.1 Å². The predicted octanol–water partition coefficient (Wildman–Crippen LogP) is 1.69. The van der Waals surface area contributed by atoms with Gasteiger partial charge in [0, 0.05) is 18.2 Å². The molecule has 1 fully saturated rings. The third-order valence-corrected chi connectivity index (χ3v) is 3.72. The van der Waals surface area contributed by atoms with E-state index in [0.717, 1.165) is 18.5 Å². The molecule has 1 aliphatic rings. The number of aryl methyl sites for hydroxylation is 1. The van der Waals surface area contributed by atoms with Crippen molar-refractivity contribution < 1.29 is 9.72 Å². The fourth-order valence-corrected chi connectivity index (χ4v) is 2.39. The Bertz CT molecular complexity index is 524. The lowest BCUT2D eigenvalue weighted by atomic mass is 10.0. The molecule has 1 heterocycles. The molecule has 0 saturated carbocycles.